The summed E-state index contributed by atoms with van der Waals surface area (Å²) >= 11 is 0. The highest BCUT2D eigenvalue weighted by molar-refractivity contribution is 6.06. The lowest BCUT2D eigenvalue weighted by molar-refractivity contribution is -0.136. The van der Waals surface area contributed by atoms with Crippen molar-refractivity contribution in [3.8, 4) is 0 Å². The molecule has 0 aliphatic carbocycles. The number of urea groups is 1. The van der Waals surface area contributed by atoms with Crippen LogP contribution < -0.4 is 5.32 Å². The third-order valence-corrected chi connectivity index (χ3v) is 1.72. The first-order valence-corrected chi connectivity index (χ1v) is 3.69. The Morgan fingerprint density at radius 1 is 1.50 bits per heavy atom. The molecule has 12 heavy (non-hydrogen) atoms. The van der Waals surface area contributed by atoms with Crippen molar-refractivity contribution in [1.29, 1.82) is 0 Å². The maximum atomic E-state index is 11.0. The number of nitrogens with one attached hydrogen (secondary N) is 1. The number of Topliss-reactive ketones (excluding diaryl/α,β-unsaturated/α-hetero) is 1. The van der Waals surface area contributed by atoms with Gasteiger partial charge in [0.2, 0.25) is 5.91 Å². The van der Waals surface area contributed by atoms with E-state index in [1.807, 2.05) is 0 Å². The van der Waals surface area contributed by atoms with E-state index in [2.05, 4.69) is 5.32 Å². The van der Waals surface area contributed by atoms with Gasteiger partial charge in [0.05, 0.1) is 6.42 Å². The van der Waals surface area contributed by atoms with Gasteiger partial charge in [0.15, 0.2) is 0 Å². The normalized spacial score (nSPS) is 17.9. The summed E-state index contributed by atoms with van der Waals surface area (Å²) < 4.78 is 0. The van der Waals surface area contributed by atoms with Crippen molar-refractivity contribution in [2.75, 3.05) is 13.6 Å². The number of imide groups is 1. The maximum Gasteiger partial charge on any atom is 0.323 e. The molecule has 0 saturated carbocycles. The van der Waals surface area contributed by atoms with Crippen LogP contribution in [0, 0.1) is 0 Å². The van der Waals surface area contributed by atoms with E-state index in [4.69, 9.17) is 0 Å². The fourth-order valence-corrected chi connectivity index (χ4v) is 1.06. The van der Waals surface area contributed by atoms with Crippen LogP contribution in [0.5, 0.6) is 0 Å². The summed E-state index contributed by atoms with van der Waals surface area (Å²) in [6.07, 6.45) is 0.132. The first kappa shape index (κ1) is 8.70. The van der Waals surface area contributed by atoms with Crippen molar-refractivity contribution in [2.45, 2.75) is 12.8 Å². The lowest BCUT2D eigenvalue weighted by atomic mass is 10.1. The van der Waals surface area contributed by atoms with E-state index in [1.54, 1.807) is 0 Å². The molecule has 0 aromatic heterocycles. The lowest BCUT2D eigenvalue weighted by Crippen LogP contribution is -2.47. The van der Waals surface area contributed by atoms with Gasteiger partial charge < -0.3 is 5.32 Å². The highest BCUT2D eigenvalue weighted by atomic mass is 16.2. The molecule has 1 N–H and O–H groups in total. The highest BCUT2D eigenvalue weighted by Gasteiger charge is 2.27. The summed E-state index contributed by atoms with van der Waals surface area (Å²) in [6.45, 7) is 0.206. The van der Waals surface area contributed by atoms with Crippen LogP contribution in [0.1, 0.15) is 12.8 Å². The maximum absolute atomic E-state index is 11.0. The summed E-state index contributed by atoms with van der Waals surface area (Å²) in [5.74, 6) is -0.509. The molecule has 5 heteroatoms. The number of hydrogen-bond acceptors (Lipinski definition) is 3. The molecule has 0 aromatic rings. The SMILES string of the molecule is CNC(=O)N1CCC(=O)CC1=O. The molecule has 1 aliphatic heterocycles. The average molecular weight is 170 g/mol. The summed E-state index contributed by atoms with van der Waals surface area (Å²) in [4.78, 5) is 33.8. The van der Waals surface area contributed by atoms with E-state index >= 15 is 0 Å². The summed E-state index contributed by atoms with van der Waals surface area (Å²) in [5.41, 5.74) is 0. The Morgan fingerprint density at radius 3 is 2.67 bits per heavy atom. The number of ketones is 1. The zero-order chi connectivity index (χ0) is 9.14. The van der Waals surface area contributed by atoms with Gasteiger partial charge >= 0.3 is 6.03 Å². The second kappa shape index (κ2) is 3.34. The average Bonchev–Trinajstić information content (AvgIpc) is 2.03. The monoisotopic (exact) mass is 170 g/mol. The summed E-state index contributed by atoms with van der Waals surface area (Å²) in [7, 11) is 1.45. The zero-order valence-corrected chi connectivity index (χ0v) is 6.79. The molecule has 3 amide bonds. The number of likely N-dealkylation sites (tertiary alicyclic amines) is 1. The van der Waals surface area contributed by atoms with Gasteiger partial charge in [-0.1, -0.05) is 0 Å². The molecule has 1 aliphatic rings. The van der Waals surface area contributed by atoms with Crippen LogP contribution in [0.2, 0.25) is 0 Å². The largest absolute Gasteiger partial charge is 0.341 e. The third kappa shape index (κ3) is 1.61. The van der Waals surface area contributed by atoms with Gasteiger partial charge in [-0.2, -0.15) is 0 Å². The molecule has 0 aromatic carbocycles. The number of amides is 3. The molecule has 66 valence electrons. The molecule has 1 saturated heterocycles. The topological polar surface area (TPSA) is 66.5 Å². The van der Waals surface area contributed by atoms with Crippen molar-refractivity contribution in [3.63, 3.8) is 0 Å². The Kier molecular flexibility index (Phi) is 2.42. The van der Waals surface area contributed by atoms with Crippen molar-refractivity contribution in [2.24, 2.45) is 0 Å². The number of hydrogen-bond donors (Lipinski definition) is 1. The van der Waals surface area contributed by atoms with Crippen LogP contribution in [0.3, 0.4) is 0 Å². The Morgan fingerprint density at radius 2 is 2.17 bits per heavy atom. The van der Waals surface area contributed by atoms with Gasteiger partial charge in [-0.15, -0.1) is 0 Å². The Bertz CT molecular complexity index is 237. The highest BCUT2D eigenvalue weighted by Crippen LogP contribution is 2.06. The van der Waals surface area contributed by atoms with Crippen molar-refractivity contribution >= 4 is 17.7 Å². The van der Waals surface area contributed by atoms with E-state index in [0.29, 0.717) is 0 Å². The van der Waals surface area contributed by atoms with Gasteiger partial charge in [-0.05, 0) is 0 Å². The van der Waals surface area contributed by atoms with Crippen LogP contribution in [0.4, 0.5) is 4.79 Å². The summed E-state index contributed by atoms with van der Waals surface area (Å²) in [5, 5.41) is 2.33. The first-order valence-electron chi connectivity index (χ1n) is 3.69. The van der Waals surface area contributed by atoms with Gasteiger partial charge in [0.25, 0.3) is 0 Å². The number of nitrogens with zero attached hydrogens (tertiary/aromatic N) is 1. The van der Waals surface area contributed by atoms with E-state index < -0.39 is 11.9 Å². The molecule has 5 nitrogen and oxygen atoms in total. The summed E-state index contributed by atoms with van der Waals surface area (Å²) in [6, 6.07) is -0.437. The van der Waals surface area contributed by atoms with Gasteiger partial charge in [0.1, 0.15) is 5.78 Å². The van der Waals surface area contributed by atoms with E-state index in [9.17, 15) is 14.4 Å². The van der Waals surface area contributed by atoms with Gasteiger partial charge in [0, 0.05) is 20.0 Å². The molecule has 1 rings (SSSR count). The van der Waals surface area contributed by atoms with Crippen LogP contribution in [-0.4, -0.2) is 36.2 Å². The lowest BCUT2D eigenvalue weighted by Gasteiger charge is -2.23. The van der Waals surface area contributed by atoms with Crippen molar-refractivity contribution in [3.05, 3.63) is 0 Å². The number of carbonyl (C=O) groups excluding carboxylic acids is 3. The molecule has 0 unspecified atom stereocenters. The van der Waals surface area contributed by atoms with Crippen LogP contribution in [0.25, 0.3) is 0 Å². The Labute approximate surface area is 69.7 Å². The minimum absolute atomic E-state index is 0.0971. The number of carbonyl (C=O) groups is 3. The predicted octanol–water partition coefficient (Wildman–Crippen LogP) is -0.483. The molecule has 0 bridgehead atoms. The molecule has 0 radical (unpaired) electrons. The standard InChI is InChI=1S/C7H10N2O3/c1-8-7(12)9-3-2-5(10)4-6(9)11/h2-4H2,1H3,(H,8,12). The first-order chi connectivity index (χ1) is 5.65. The van der Waals surface area contributed by atoms with E-state index in [-0.39, 0.29) is 25.2 Å². The molecular formula is C7H10N2O3. The van der Waals surface area contributed by atoms with Gasteiger partial charge in [-0.3, -0.25) is 14.5 Å². The van der Waals surface area contributed by atoms with Crippen LogP contribution >= 0.6 is 0 Å². The molecule has 1 heterocycles. The predicted molar refractivity (Wildman–Crippen MR) is 40.4 cm³/mol. The fraction of sp³-hybridized carbons (Fsp3) is 0.571. The quantitative estimate of drug-likeness (QED) is 0.499. The Balaban J connectivity index is 2.62. The second-order valence-electron chi connectivity index (χ2n) is 2.57. The van der Waals surface area contributed by atoms with Crippen LogP contribution in [0.15, 0.2) is 0 Å². The van der Waals surface area contributed by atoms with Crippen molar-refractivity contribution < 1.29 is 14.4 Å². The van der Waals surface area contributed by atoms with E-state index in [0.717, 1.165) is 4.90 Å². The third-order valence-electron chi connectivity index (χ3n) is 1.72. The number of piperidine rings is 1. The molecule has 0 spiro atoms. The minimum atomic E-state index is -0.437. The molecule has 0 atom stereocenters. The Hall–Kier alpha value is -1.39. The van der Waals surface area contributed by atoms with Crippen molar-refractivity contribution in [1.82, 2.24) is 10.2 Å². The smallest absolute Gasteiger partial charge is 0.323 e. The van der Waals surface area contributed by atoms with Crippen LogP contribution in [-0.2, 0) is 9.59 Å². The number of rotatable bonds is 0. The minimum Gasteiger partial charge on any atom is -0.341 e. The fourth-order valence-electron chi connectivity index (χ4n) is 1.06. The molecular weight excluding hydrogens is 160 g/mol. The van der Waals surface area contributed by atoms with E-state index in [1.165, 1.54) is 7.05 Å². The molecule has 1 fully saturated rings. The second-order valence-corrected chi connectivity index (χ2v) is 2.57. The zero-order valence-electron chi connectivity index (χ0n) is 6.79. The van der Waals surface area contributed by atoms with Gasteiger partial charge in [-0.25, -0.2) is 4.79 Å².